The van der Waals surface area contributed by atoms with E-state index in [1.54, 1.807) is 0 Å². The maximum Gasteiger partial charge on any atom is 0.255 e. The van der Waals surface area contributed by atoms with Gasteiger partial charge in [-0.25, -0.2) is 0 Å². The first kappa shape index (κ1) is 21.1. The summed E-state index contributed by atoms with van der Waals surface area (Å²) in [6.45, 7) is 3.12. The number of anilines is 2. The van der Waals surface area contributed by atoms with E-state index in [4.69, 9.17) is 5.73 Å². The minimum atomic E-state index is -0.136. The Morgan fingerprint density at radius 1 is 1.06 bits per heavy atom. The lowest BCUT2D eigenvalue weighted by Gasteiger charge is -2.20. The standard InChI is InChI=1S/C26H30N4O/c1-29(2)23-14-15-30(18-23)17-19-8-10-21(11-9-19)26(31)28-25-16-22(27)12-13-24(25)20-6-4-3-5-7-20/h3-13,16,23H,14-15,17-18,27H2,1-2H3,(H,28,31). The van der Waals surface area contributed by atoms with Gasteiger partial charge < -0.3 is 16.0 Å². The van der Waals surface area contributed by atoms with Crippen molar-refractivity contribution >= 4 is 17.3 Å². The van der Waals surface area contributed by atoms with Gasteiger partial charge in [-0.3, -0.25) is 9.69 Å². The minimum absolute atomic E-state index is 0.136. The molecule has 31 heavy (non-hydrogen) atoms. The van der Waals surface area contributed by atoms with Crippen molar-refractivity contribution in [1.82, 2.24) is 9.80 Å². The third-order valence-corrected chi connectivity index (χ3v) is 5.98. The summed E-state index contributed by atoms with van der Waals surface area (Å²) in [5.41, 5.74) is 11.2. The second kappa shape index (κ2) is 9.33. The highest BCUT2D eigenvalue weighted by molar-refractivity contribution is 6.06. The van der Waals surface area contributed by atoms with Gasteiger partial charge in [0.2, 0.25) is 0 Å². The largest absolute Gasteiger partial charge is 0.399 e. The Balaban J connectivity index is 1.45. The Kier molecular flexibility index (Phi) is 6.35. The molecule has 0 aliphatic carbocycles. The Hall–Kier alpha value is -3.15. The number of hydrogen-bond donors (Lipinski definition) is 2. The van der Waals surface area contributed by atoms with Crippen LogP contribution in [-0.4, -0.2) is 48.9 Å². The maximum atomic E-state index is 12.9. The molecule has 4 rings (SSSR count). The molecule has 3 N–H and O–H groups in total. The van der Waals surface area contributed by atoms with Crippen LogP contribution in [-0.2, 0) is 6.54 Å². The lowest BCUT2D eigenvalue weighted by molar-refractivity contribution is 0.102. The summed E-state index contributed by atoms with van der Waals surface area (Å²) in [6, 6.07) is 24.1. The van der Waals surface area contributed by atoms with E-state index in [1.807, 2.05) is 60.7 Å². The van der Waals surface area contributed by atoms with Gasteiger partial charge in [0.1, 0.15) is 0 Å². The molecule has 5 nitrogen and oxygen atoms in total. The van der Waals surface area contributed by atoms with Gasteiger partial charge in [0, 0.05) is 42.5 Å². The molecule has 1 aliphatic rings. The first-order valence-electron chi connectivity index (χ1n) is 10.7. The smallest absolute Gasteiger partial charge is 0.255 e. The number of hydrogen-bond acceptors (Lipinski definition) is 4. The topological polar surface area (TPSA) is 61.6 Å². The number of amides is 1. The number of nitrogens with two attached hydrogens (primary N) is 1. The van der Waals surface area contributed by atoms with Gasteiger partial charge in [0.05, 0.1) is 5.69 Å². The molecular weight excluding hydrogens is 384 g/mol. The van der Waals surface area contributed by atoms with E-state index in [1.165, 1.54) is 12.0 Å². The Morgan fingerprint density at radius 2 is 1.81 bits per heavy atom. The summed E-state index contributed by atoms with van der Waals surface area (Å²) in [5, 5.41) is 3.04. The highest BCUT2D eigenvalue weighted by Gasteiger charge is 2.23. The second-order valence-corrected chi connectivity index (χ2v) is 8.46. The van der Waals surface area contributed by atoms with E-state index in [0.29, 0.717) is 23.0 Å². The number of nitrogens with zero attached hydrogens (tertiary/aromatic N) is 2. The van der Waals surface area contributed by atoms with E-state index >= 15 is 0 Å². The molecule has 3 aromatic rings. The van der Waals surface area contributed by atoms with E-state index in [2.05, 4.69) is 41.3 Å². The minimum Gasteiger partial charge on any atom is -0.399 e. The van der Waals surface area contributed by atoms with Crippen molar-refractivity contribution < 1.29 is 4.79 Å². The molecule has 1 atom stereocenters. The molecule has 0 saturated carbocycles. The average molecular weight is 415 g/mol. The fourth-order valence-electron chi connectivity index (χ4n) is 4.13. The number of carbonyl (C=O) groups is 1. The summed E-state index contributed by atoms with van der Waals surface area (Å²) in [5.74, 6) is -0.136. The lowest BCUT2D eigenvalue weighted by atomic mass is 10.0. The highest BCUT2D eigenvalue weighted by atomic mass is 16.1. The molecule has 1 fully saturated rings. The molecule has 1 aliphatic heterocycles. The van der Waals surface area contributed by atoms with Crippen LogP contribution < -0.4 is 11.1 Å². The third kappa shape index (κ3) is 5.13. The predicted octanol–water partition coefficient (Wildman–Crippen LogP) is 4.32. The van der Waals surface area contributed by atoms with Crippen LogP contribution in [0.2, 0.25) is 0 Å². The summed E-state index contributed by atoms with van der Waals surface area (Å²) < 4.78 is 0. The Bertz CT molecular complexity index is 1030. The second-order valence-electron chi connectivity index (χ2n) is 8.46. The number of benzene rings is 3. The van der Waals surface area contributed by atoms with Gasteiger partial charge in [0.25, 0.3) is 5.91 Å². The number of likely N-dealkylation sites (N-methyl/N-ethyl adjacent to an activating group) is 1. The van der Waals surface area contributed by atoms with Crippen molar-refractivity contribution in [1.29, 1.82) is 0 Å². The van der Waals surface area contributed by atoms with Gasteiger partial charge in [-0.05, 0) is 55.9 Å². The fourth-order valence-corrected chi connectivity index (χ4v) is 4.13. The lowest BCUT2D eigenvalue weighted by Crippen LogP contribution is -2.31. The fraction of sp³-hybridized carbons (Fsp3) is 0.269. The summed E-state index contributed by atoms with van der Waals surface area (Å²) in [7, 11) is 4.29. The van der Waals surface area contributed by atoms with Crippen LogP contribution in [0.15, 0.2) is 72.8 Å². The number of likely N-dealkylation sites (tertiary alicyclic amines) is 1. The first-order chi connectivity index (χ1) is 15.0. The zero-order valence-electron chi connectivity index (χ0n) is 18.2. The Labute approximate surface area is 184 Å². The van der Waals surface area contributed by atoms with Crippen LogP contribution in [0.4, 0.5) is 11.4 Å². The van der Waals surface area contributed by atoms with Crippen molar-refractivity contribution in [2.24, 2.45) is 0 Å². The van der Waals surface area contributed by atoms with Crippen molar-refractivity contribution in [2.75, 3.05) is 38.2 Å². The van der Waals surface area contributed by atoms with Crippen LogP contribution in [0.3, 0.4) is 0 Å². The molecule has 1 saturated heterocycles. The molecule has 1 amide bonds. The van der Waals surface area contributed by atoms with Crippen molar-refractivity contribution in [3.63, 3.8) is 0 Å². The van der Waals surface area contributed by atoms with Gasteiger partial charge >= 0.3 is 0 Å². The van der Waals surface area contributed by atoms with E-state index in [9.17, 15) is 4.79 Å². The van der Waals surface area contributed by atoms with Gasteiger partial charge in [0.15, 0.2) is 0 Å². The molecule has 0 aromatic heterocycles. The molecule has 0 bridgehead atoms. The number of nitrogen functional groups attached to an aromatic ring is 1. The highest BCUT2D eigenvalue weighted by Crippen LogP contribution is 2.30. The number of carbonyl (C=O) groups excluding carboxylic acids is 1. The summed E-state index contributed by atoms with van der Waals surface area (Å²) in [4.78, 5) is 17.7. The molecule has 1 unspecified atom stereocenters. The molecule has 0 spiro atoms. The zero-order chi connectivity index (χ0) is 21.8. The number of rotatable bonds is 6. The summed E-state index contributed by atoms with van der Waals surface area (Å²) >= 11 is 0. The third-order valence-electron chi connectivity index (χ3n) is 5.98. The average Bonchev–Trinajstić information content (AvgIpc) is 3.24. The van der Waals surface area contributed by atoms with Crippen molar-refractivity contribution in [3.05, 3.63) is 83.9 Å². The molecule has 0 radical (unpaired) electrons. The number of nitrogens with one attached hydrogen (secondary N) is 1. The molecule has 160 valence electrons. The summed E-state index contributed by atoms with van der Waals surface area (Å²) in [6.07, 6.45) is 1.21. The van der Waals surface area contributed by atoms with Crippen LogP contribution in [0.5, 0.6) is 0 Å². The van der Waals surface area contributed by atoms with E-state index in [-0.39, 0.29) is 5.91 Å². The predicted molar refractivity (Wildman–Crippen MR) is 128 cm³/mol. The quantitative estimate of drug-likeness (QED) is 0.590. The van der Waals surface area contributed by atoms with Gasteiger partial charge in [-0.15, -0.1) is 0 Å². The van der Waals surface area contributed by atoms with Crippen LogP contribution in [0, 0.1) is 0 Å². The van der Waals surface area contributed by atoms with Gasteiger partial charge in [-0.2, -0.15) is 0 Å². The van der Waals surface area contributed by atoms with Crippen LogP contribution in [0.25, 0.3) is 11.1 Å². The Morgan fingerprint density at radius 3 is 2.48 bits per heavy atom. The molecule has 3 aromatic carbocycles. The van der Waals surface area contributed by atoms with Crippen LogP contribution >= 0.6 is 0 Å². The normalized spacial score (nSPS) is 16.5. The molecule has 1 heterocycles. The van der Waals surface area contributed by atoms with E-state index < -0.39 is 0 Å². The maximum absolute atomic E-state index is 12.9. The van der Waals surface area contributed by atoms with Crippen molar-refractivity contribution in [3.8, 4) is 11.1 Å². The van der Waals surface area contributed by atoms with Crippen LogP contribution in [0.1, 0.15) is 22.3 Å². The van der Waals surface area contributed by atoms with Gasteiger partial charge in [-0.1, -0.05) is 48.5 Å². The SMILES string of the molecule is CN(C)C1CCN(Cc2ccc(C(=O)Nc3cc(N)ccc3-c3ccccc3)cc2)C1. The van der Waals surface area contributed by atoms with Crippen molar-refractivity contribution in [2.45, 2.75) is 19.0 Å². The van der Waals surface area contributed by atoms with E-state index in [0.717, 1.165) is 30.8 Å². The molecular formula is C26H30N4O. The molecule has 5 heteroatoms. The monoisotopic (exact) mass is 414 g/mol. The first-order valence-corrected chi connectivity index (χ1v) is 10.7. The zero-order valence-corrected chi connectivity index (χ0v) is 18.2.